The van der Waals surface area contributed by atoms with Crippen molar-refractivity contribution >= 4 is 0 Å². The van der Waals surface area contributed by atoms with Crippen LogP contribution in [0.5, 0.6) is 11.5 Å². The first-order chi connectivity index (χ1) is 7.17. The van der Waals surface area contributed by atoms with Gasteiger partial charge in [-0.05, 0) is 6.07 Å². The minimum Gasteiger partial charge on any atom is -0.402 e. The van der Waals surface area contributed by atoms with Crippen molar-refractivity contribution in [1.29, 1.82) is 0 Å². The van der Waals surface area contributed by atoms with Gasteiger partial charge >= 0.3 is 12.7 Å². The molecule has 0 fully saturated rings. The number of rotatable bonds is 2. The van der Waals surface area contributed by atoms with Crippen molar-refractivity contribution in [1.82, 2.24) is 0 Å². The van der Waals surface area contributed by atoms with E-state index in [4.69, 9.17) is 0 Å². The second-order valence-corrected chi connectivity index (χ2v) is 2.46. The van der Waals surface area contributed by atoms with Crippen molar-refractivity contribution in [2.75, 3.05) is 0 Å². The molecule has 16 heavy (non-hydrogen) atoms. The van der Waals surface area contributed by atoms with E-state index in [9.17, 15) is 26.3 Å². The Bertz CT molecular complexity index is 321. The van der Waals surface area contributed by atoms with E-state index >= 15 is 0 Å². The van der Waals surface area contributed by atoms with Crippen molar-refractivity contribution in [2.45, 2.75) is 12.7 Å². The van der Waals surface area contributed by atoms with E-state index in [1.54, 1.807) is 0 Å². The molecule has 2 nitrogen and oxygen atoms in total. The Kier molecular flexibility index (Phi) is 3.20. The lowest BCUT2D eigenvalue weighted by Gasteiger charge is -2.14. The van der Waals surface area contributed by atoms with E-state index in [-0.39, 0.29) is 0 Å². The molecule has 0 saturated carbocycles. The molecule has 0 bridgehead atoms. The molecule has 0 atom stereocenters. The largest absolute Gasteiger partial charge is 0.573 e. The van der Waals surface area contributed by atoms with Gasteiger partial charge in [0.1, 0.15) is 0 Å². The molecule has 1 aromatic carbocycles. The lowest BCUT2D eigenvalue weighted by Crippen LogP contribution is -2.21. The topological polar surface area (TPSA) is 18.5 Å². The van der Waals surface area contributed by atoms with Gasteiger partial charge in [0.25, 0.3) is 0 Å². The highest BCUT2D eigenvalue weighted by atomic mass is 19.4. The van der Waals surface area contributed by atoms with E-state index in [1.807, 2.05) is 6.07 Å². The number of hydrogen-bond acceptors (Lipinski definition) is 2. The third-order valence-electron chi connectivity index (χ3n) is 1.23. The Hall–Kier alpha value is -1.60. The van der Waals surface area contributed by atoms with Crippen LogP contribution in [0.15, 0.2) is 18.2 Å². The molecule has 0 aliphatic heterocycles. The average Bonchev–Trinajstić information content (AvgIpc) is 2.03. The first-order valence-corrected chi connectivity index (χ1v) is 3.69. The average molecular weight is 245 g/mol. The third-order valence-corrected chi connectivity index (χ3v) is 1.23. The molecule has 0 amide bonds. The number of benzene rings is 1. The van der Waals surface area contributed by atoms with Crippen LogP contribution in [0.1, 0.15) is 0 Å². The maximum absolute atomic E-state index is 11.8. The summed E-state index contributed by atoms with van der Waals surface area (Å²) in [6, 6.07) is 4.53. The van der Waals surface area contributed by atoms with Crippen LogP contribution in [0.25, 0.3) is 0 Å². The SMILES string of the molecule is FC(F)(F)Oc1[c]cccc1OC(F)(F)F. The van der Waals surface area contributed by atoms with Crippen LogP contribution in [0.3, 0.4) is 0 Å². The predicted octanol–water partition coefficient (Wildman–Crippen LogP) is 3.28. The van der Waals surface area contributed by atoms with Crippen molar-refractivity contribution in [3.63, 3.8) is 0 Å². The van der Waals surface area contributed by atoms with Crippen molar-refractivity contribution in [3.05, 3.63) is 24.3 Å². The first-order valence-electron chi connectivity index (χ1n) is 3.69. The zero-order chi connectivity index (χ0) is 12.4. The molecule has 0 aliphatic rings. The summed E-state index contributed by atoms with van der Waals surface area (Å²) in [4.78, 5) is 0. The standard InChI is InChI=1S/C8H3F6O2/c9-7(10,11)15-5-3-1-2-4-6(5)16-8(12,13)14/h1-3H. The van der Waals surface area contributed by atoms with Gasteiger partial charge in [0.2, 0.25) is 0 Å². The Balaban J connectivity index is 2.92. The second-order valence-electron chi connectivity index (χ2n) is 2.46. The van der Waals surface area contributed by atoms with Crippen molar-refractivity contribution in [2.24, 2.45) is 0 Å². The second kappa shape index (κ2) is 4.11. The van der Waals surface area contributed by atoms with Crippen LogP contribution in [0.4, 0.5) is 26.3 Å². The molecule has 0 aromatic heterocycles. The fourth-order valence-corrected chi connectivity index (χ4v) is 0.807. The number of halogens is 6. The summed E-state index contributed by atoms with van der Waals surface area (Å²) in [5.74, 6) is -2.28. The molecule has 0 N–H and O–H groups in total. The molecule has 0 saturated heterocycles. The Morgan fingerprint density at radius 2 is 1.50 bits per heavy atom. The molecule has 8 heteroatoms. The van der Waals surface area contributed by atoms with E-state index in [0.717, 1.165) is 12.1 Å². The van der Waals surface area contributed by atoms with Gasteiger partial charge in [-0.2, -0.15) is 0 Å². The zero-order valence-corrected chi connectivity index (χ0v) is 7.32. The van der Waals surface area contributed by atoms with Gasteiger partial charge in [0.05, 0.1) is 0 Å². The van der Waals surface area contributed by atoms with Crippen LogP contribution in [-0.4, -0.2) is 12.7 Å². The fourth-order valence-electron chi connectivity index (χ4n) is 0.807. The molecule has 0 spiro atoms. The highest BCUT2D eigenvalue weighted by molar-refractivity contribution is 5.38. The smallest absolute Gasteiger partial charge is 0.402 e. The third kappa shape index (κ3) is 4.28. The lowest BCUT2D eigenvalue weighted by molar-refractivity contribution is -0.287. The van der Waals surface area contributed by atoms with Crippen LogP contribution in [0.2, 0.25) is 0 Å². The fraction of sp³-hybridized carbons (Fsp3) is 0.250. The molecule has 0 unspecified atom stereocenters. The molecule has 1 aromatic rings. The summed E-state index contributed by atoms with van der Waals surface area (Å²) >= 11 is 0. The van der Waals surface area contributed by atoms with Gasteiger partial charge in [-0.15, -0.1) is 26.3 Å². The van der Waals surface area contributed by atoms with Crippen LogP contribution in [-0.2, 0) is 0 Å². The van der Waals surface area contributed by atoms with Crippen LogP contribution < -0.4 is 9.47 Å². The normalized spacial score (nSPS) is 12.4. The minimum atomic E-state index is -5.11. The van der Waals surface area contributed by atoms with E-state index < -0.39 is 24.2 Å². The van der Waals surface area contributed by atoms with Gasteiger partial charge in [-0.3, -0.25) is 0 Å². The summed E-state index contributed by atoms with van der Waals surface area (Å²) in [7, 11) is 0. The van der Waals surface area contributed by atoms with Crippen LogP contribution in [0, 0.1) is 6.07 Å². The lowest BCUT2D eigenvalue weighted by atomic mass is 10.3. The Morgan fingerprint density at radius 1 is 0.938 bits per heavy atom. The molecule has 1 radical (unpaired) electrons. The zero-order valence-electron chi connectivity index (χ0n) is 7.32. The molecule has 0 heterocycles. The molecule has 89 valence electrons. The van der Waals surface area contributed by atoms with E-state index in [2.05, 4.69) is 9.47 Å². The molecular formula is C8H3F6O2. The number of para-hydroxylation sites is 1. The summed E-state index contributed by atoms with van der Waals surface area (Å²) in [6.07, 6.45) is -10.2. The van der Waals surface area contributed by atoms with Gasteiger partial charge < -0.3 is 9.47 Å². The number of alkyl halides is 6. The van der Waals surface area contributed by atoms with Gasteiger partial charge in [-0.1, -0.05) is 12.1 Å². The molecule has 0 aliphatic carbocycles. The monoisotopic (exact) mass is 245 g/mol. The molecule has 1 rings (SSSR count). The molecular weight excluding hydrogens is 242 g/mol. The summed E-state index contributed by atoms with van der Waals surface area (Å²) in [6.45, 7) is 0. The van der Waals surface area contributed by atoms with Gasteiger partial charge in [-0.25, -0.2) is 0 Å². The first kappa shape index (κ1) is 12.5. The summed E-state index contributed by atoms with van der Waals surface area (Å²) in [5.41, 5.74) is 0. The predicted molar refractivity (Wildman–Crippen MR) is 38.6 cm³/mol. The Morgan fingerprint density at radius 3 is 2.00 bits per heavy atom. The number of hydrogen-bond donors (Lipinski definition) is 0. The highest BCUT2D eigenvalue weighted by Gasteiger charge is 2.36. The van der Waals surface area contributed by atoms with Crippen molar-refractivity contribution < 1.29 is 35.8 Å². The summed E-state index contributed by atoms with van der Waals surface area (Å²) in [5, 5.41) is 0. The minimum absolute atomic E-state index is 0.686. The summed E-state index contributed by atoms with van der Waals surface area (Å²) < 4.78 is 77.3. The maximum atomic E-state index is 11.8. The van der Waals surface area contributed by atoms with Crippen LogP contribution >= 0.6 is 0 Å². The quantitative estimate of drug-likeness (QED) is 0.744. The van der Waals surface area contributed by atoms with Gasteiger partial charge in [0.15, 0.2) is 11.5 Å². The Labute approximate surface area is 85.4 Å². The van der Waals surface area contributed by atoms with Crippen molar-refractivity contribution in [3.8, 4) is 11.5 Å². The highest BCUT2D eigenvalue weighted by Crippen LogP contribution is 2.34. The van der Waals surface area contributed by atoms with Gasteiger partial charge in [0, 0.05) is 6.07 Å². The maximum Gasteiger partial charge on any atom is 0.573 e. The van der Waals surface area contributed by atoms with E-state index in [0.29, 0.717) is 6.07 Å². The van der Waals surface area contributed by atoms with E-state index in [1.165, 1.54) is 0 Å². The number of ether oxygens (including phenoxy) is 2.